The lowest BCUT2D eigenvalue weighted by atomic mass is 10.1. The number of nitrogens with zero attached hydrogens (tertiary/aromatic N) is 2. The van der Waals surface area contributed by atoms with Crippen LogP contribution in [0.25, 0.3) is 0 Å². The first-order valence-electron chi connectivity index (χ1n) is 6.09. The van der Waals surface area contributed by atoms with E-state index < -0.39 is 4.92 Å². The lowest BCUT2D eigenvalue weighted by Gasteiger charge is -2.11. The van der Waals surface area contributed by atoms with Crippen molar-refractivity contribution in [3.63, 3.8) is 0 Å². The number of rotatable bonds is 4. The normalized spacial score (nSPS) is 23.0. The molecular formula is C12H17N3O3. The van der Waals surface area contributed by atoms with Crippen LogP contribution in [0.3, 0.4) is 0 Å². The zero-order chi connectivity index (χ0) is 13.1. The van der Waals surface area contributed by atoms with Crippen LogP contribution in [0, 0.1) is 23.0 Å². The standard InChI is InChI=1S/C12H17N3O3/c1-8-4-11(15(17)18)12(13-6-8)14-7-9-2-3-10(16)5-9/h4,6,9-10,16H,2-3,5,7H2,1H3,(H,13,14). The molecule has 0 radical (unpaired) electrons. The molecule has 0 spiro atoms. The number of pyridine rings is 1. The molecular weight excluding hydrogens is 234 g/mol. The highest BCUT2D eigenvalue weighted by Gasteiger charge is 2.23. The molecule has 2 N–H and O–H groups in total. The molecule has 1 aromatic heterocycles. The van der Waals surface area contributed by atoms with Crippen LogP contribution in [0.2, 0.25) is 0 Å². The Morgan fingerprint density at radius 1 is 1.61 bits per heavy atom. The van der Waals surface area contributed by atoms with Gasteiger partial charge in [-0.05, 0) is 37.7 Å². The monoisotopic (exact) mass is 251 g/mol. The van der Waals surface area contributed by atoms with Crippen LogP contribution in [-0.4, -0.2) is 27.7 Å². The summed E-state index contributed by atoms with van der Waals surface area (Å²) in [5.74, 6) is 0.676. The van der Waals surface area contributed by atoms with Crippen molar-refractivity contribution in [1.82, 2.24) is 4.98 Å². The van der Waals surface area contributed by atoms with Crippen molar-refractivity contribution in [2.75, 3.05) is 11.9 Å². The Hall–Kier alpha value is -1.69. The van der Waals surface area contributed by atoms with Crippen molar-refractivity contribution in [2.24, 2.45) is 5.92 Å². The predicted octanol–water partition coefficient (Wildman–Crippen LogP) is 1.87. The summed E-state index contributed by atoms with van der Waals surface area (Å²) in [5.41, 5.74) is 0.775. The third kappa shape index (κ3) is 2.95. The molecule has 0 aromatic carbocycles. The van der Waals surface area contributed by atoms with Crippen LogP contribution in [0.5, 0.6) is 0 Å². The molecule has 1 heterocycles. The number of aromatic nitrogens is 1. The second-order valence-electron chi connectivity index (χ2n) is 4.85. The van der Waals surface area contributed by atoms with Gasteiger partial charge in [-0.25, -0.2) is 4.98 Å². The molecule has 0 bridgehead atoms. The molecule has 1 aromatic rings. The Bertz CT molecular complexity index is 450. The van der Waals surface area contributed by atoms with E-state index in [2.05, 4.69) is 10.3 Å². The third-order valence-electron chi connectivity index (χ3n) is 3.27. The van der Waals surface area contributed by atoms with Crippen molar-refractivity contribution < 1.29 is 10.0 Å². The Morgan fingerprint density at radius 2 is 2.39 bits per heavy atom. The molecule has 2 atom stereocenters. The topological polar surface area (TPSA) is 88.3 Å². The number of aryl methyl sites for hydroxylation is 1. The van der Waals surface area contributed by atoms with Gasteiger partial charge in [-0.15, -0.1) is 0 Å². The molecule has 98 valence electrons. The van der Waals surface area contributed by atoms with Gasteiger partial charge in [0, 0.05) is 18.8 Å². The highest BCUT2D eigenvalue weighted by molar-refractivity contribution is 5.56. The maximum atomic E-state index is 10.9. The van der Waals surface area contributed by atoms with Gasteiger partial charge in [-0.2, -0.15) is 0 Å². The number of aliphatic hydroxyl groups excluding tert-OH is 1. The van der Waals surface area contributed by atoms with Gasteiger partial charge in [-0.1, -0.05) is 0 Å². The predicted molar refractivity (Wildman–Crippen MR) is 67.5 cm³/mol. The zero-order valence-electron chi connectivity index (χ0n) is 10.3. The maximum Gasteiger partial charge on any atom is 0.311 e. The minimum atomic E-state index is -0.425. The Labute approximate surface area is 105 Å². The number of nitrogens with one attached hydrogen (secondary N) is 1. The summed E-state index contributed by atoms with van der Waals surface area (Å²) in [7, 11) is 0. The van der Waals surface area contributed by atoms with E-state index in [0.717, 1.165) is 24.8 Å². The third-order valence-corrected chi connectivity index (χ3v) is 3.27. The minimum absolute atomic E-state index is 0.00791. The van der Waals surface area contributed by atoms with Gasteiger partial charge >= 0.3 is 5.69 Å². The second kappa shape index (κ2) is 5.30. The summed E-state index contributed by atoms with van der Waals surface area (Å²) in [6.07, 6.45) is 3.91. The fourth-order valence-electron chi connectivity index (χ4n) is 2.30. The van der Waals surface area contributed by atoms with Crippen LogP contribution >= 0.6 is 0 Å². The van der Waals surface area contributed by atoms with Gasteiger partial charge < -0.3 is 10.4 Å². The fraction of sp³-hybridized carbons (Fsp3) is 0.583. The van der Waals surface area contributed by atoms with E-state index in [9.17, 15) is 15.2 Å². The van der Waals surface area contributed by atoms with Crippen LogP contribution in [0.1, 0.15) is 24.8 Å². The summed E-state index contributed by atoms with van der Waals surface area (Å²) >= 11 is 0. The number of aliphatic hydroxyl groups is 1. The largest absolute Gasteiger partial charge is 0.393 e. The van der Waals surface area contributed by atoms with Gasteiger partial charge in [-0.3, -0.25) is 10.1 Å². The average Bonchev–Trinajstić information content (AvgIpc) is 2.73. The van der Waals surface area contributed by atoms with Gasteiger partial charge in [0.1, 0.15) is 0 Å². The van der Waals surface area contributed by atoms with E-state index in [1.807, 2.05) is 0 Å². The summed E-state index contributed by atoms with van der Waals surface area (Å²) in [6.45, 7) is 2.39. The molecule has 2 rings (SSSR count). The van der Waals surface area contributed by atoms with E-state index in [1.54, 1.807) is 13.1 Å². The number of anilines is 1. The lowest BCUT2D eigenvalue weighted by molar-refractivity contribution is -0.384. The molecule has 2 unspecified atom stereocenters. The highest BCUT2D eigenvalue weighted by Crippen LogP contribution is 2.27. The molecule has 6 nitrogen and oxygen atoms in total. The van der Waals surface area contributed by atoms with Gasteiger partial charge in [0.25, 0.3) is 0 Å². The van der Waals surface area contributed by atoms with Crippen molar-refractivity contribution in [3.05, 3.63) is 27.9 Å². The molecule has 0 aliphatic heterocycles. The molecule has 0 saturated heterocycles. The Morgan fingerprint density at radius 3 is 3.00 bits per heavy atom. The first kappa shape index (κ1) is 12.8. The van der Waals surface area contributed by atoms with Crippen molar-refractivity contribution >= 4 is 11.5 Å². The van der Waals surface area contributed by atoms with Crippen LogP contribution in [0.4, 0.5) is 11.5 Å². The molecule has 0 amide bonds. The molecule has 18 heavy (non-hydrogen) atoms. The SMILES string of the molecule is Cc1cnc(NCC2CCC(O)C2)c([N+](=O)[O-])c1. The molecule has 1 aliphatic carbocycles. The summed E-state index contributed by atoms with van der Waals surface area (Å²) in [5, 5.41) is 23.4. The van der Waals surface area contributed by atoms with E-state index in [-0.39, 0.29) is 11.8 Å². The molecule has 1 aliphatic rings. The van der Waals surface area contributed by atoms with Crippen LogP contribution in [0.15, 0.2) is 12.3 Å². The Kier molecular flexibility index (Phi) is 3.76. The van der Waals surface area contributed by atoms with Gasteiger partial charge in [0.15, 0.2) is 0 Å². The number of hydrogen-bond donors (Lipinski definition) is 2. The van der Waals surface area contributed by atoms with Gasteiger partial charge in [0.2, 0.25) is 5.82 Å². The molecule has 1 saturated carbocycles. The van der Waals surface area contributed by atoms with Crippen LogP contribution in [-0.2, 0) is 0 Å². The quantitative estimate of drug-likeness (QED) is 0.630. The summed E-state index contributed by atoms with van der Waals surface area (Å²) in [6, 6.07) is 1.51. The average molecular weight is 251 g/mol. The van der Waals surface area contributed by atoms with Crippen molar-refractivity contribution in [1.29, 1.82) is 0 Å². The van der Waals surface area contributed by atoms with E-state index in [0.29, 0.717) is 18.3 Å². The second-order valence-corrected chi connectivity index (χ2v) is 4.85. The number of nitro groups is 1. The van der Waals surface area contributed by atoms with Gasteiger partial charge in [0.05, 0.1) is 11.0 Å². The van der Waals surface area contributed by atoms with Crippen molar-refractivity contribution in [2.45, 2.75) is 32.3 Å². The fourth-order valence-corrected chi connectivity index (χ4v) is 2.30. The maximum absolute atomic E-state index is 10.9. The first-order chi connectivity index (χ1) is 8.56. The summed E-state index contributed by atoms with van der Waals surface area (Å²) in [4.78, 5) is 14.5. The summed E-state index contributed by atoms with van der Waals surface area (Å²) < 4.78 is 0. The zero-order valence-corrected chi connectivity index (χ0v) is 10.3. The van der Waals surface area contributed by atoms with Crippen LogP contribution < -0.4 is 5.32 Å². The molecule has 6 heteroatoms. The minimum Gasteiger partial charge on any atom is -0.393 e. The van der Waals surface area contributed by atoms with Crippen molar-refractivity contribution in [3.8, 4) is 0 Å². The lowest BCUT2D eigenvalue weighted by Crippen LogP contribution is -2.14. The first-order valence-corrected chi connectivity index (χ1v) is 6.09. The van der Waals surface area contributed by atoms with E-state index >= 15 is 0 Å². The van der Waals surface area contributed by atoms with E-state index in [1.165, 1.54) is 6.07 Å². The highest BCUT2D eigenvalue weighted by atomic mass is 16.6. The molecule has 1 fully saturated rings. The van der Waals surface area contributed by atoms with E-state index in [4.69, 9.17) is 0 Å². The smallest absolute Gasteiger partial charge is 0.311 e. The Balaban J connectivity index is 2.02. The number of hydrogen-bond acceptors (Lipinski definition) is 5.